The second kappa shape index (κ2) is 20.4. The normalized spacial score (nSPS) is 20.3. The zero-order chi connectivity index (χ0) is 55.8. The molecule has 8 aromatic carbocycles. The Hall–Kier alpha value is -3.92. The number of hydrogen-bond acceptors (Lipinski definition) is 0. The Morgan fingerprint density at radius 3 is 0.738 bits per heavy atom. The second-order valence-corrected chi connectivity index (χ2v) is 132. The molecule has 4 aliphatic carbocycles. The molecule has 0 heterocycles. The fraction of sp³-hybridized carbons (Fsp3) is 0.222. The van der Waals surface area contributed by atoms with E-state index in [1.165, 1.54) is 111 Å². The van der Waals surface area contributed by atoms with Crippen molar-refractivity contribution >= 4 is 71.6 Å². The van der Waals surface area contributed by atoms with Gasteiger partial charge < -0.3 is 0 Å². The summed E-state index contributed by atoms with van der Waals surface area (Å²) in [6.07, 6.45) is 13.8. The van der Waals surface area contributed by atoms with Crippen molar-refractivity contribution < 1.29 is 28.1 Å². The van der Waals surface area contributed by atoms with Gasteiger partial charge in [-0.1, -0.05) is 0 Å². The molecule has 12 rings (SSSR count). The molecule has 8 aromatic rings. The molecule has 0 nitrogen and oxygen atoms in total. The fourth-order valence-electron chi connectivity index (χ4n) is 17.5. The van der Waals surface area contributed by atoms with E-state index in [1.54, 1.807) is 0 Å². The van der Waals surface area contributed by atoms with Gasteiger partial charge in [0.1, 0.15) is 0 Å². The van der Waals surface area contributed by atoms with Crippen LogP contribution in [-0.2, 0) is 28.1 Å². The van der Waals surface area contributed by atoms with Gasteiger partial charge in [0.15, 0.2) is 0 Å². The summed E-state index contributed by atoms with van der Waals surface area (Å²) in [6, 6.07) is 71.2. The van der Waals surface area contributed by atoms with Crippen LogP contribution in [0.4, 0.5) is 0 Å². The van der Waals surface area contributed by atoms with Crippen LogP contribution in [0, 0.1) is 0 Å². The topological polar surface area (TPSA) is 0 Å². The maximum atomic E-state index is 9.47. The molecule has 0 saturated heterocycles. The van der Waals surface area contributed by atoms with Gasteiger partial charge >= 0.3 is 494 Å². The van der Waals surface area contributed by atoms with Gasteiger partial charge in [-0.15, -0.1) is 0 Å². The number of fused-ring (bicyclic) bond motifs is 4. The summed E-state index contributed by atoms with van der Waals surface area (Å²) >= 11 is -11.6. The molecule has 0 spiro atoms. The van der Waals surface area contributed by atoms with Crippen molar-refractivity contribution in [3.8, 4) is 44.5 Å². The first kappa shape index (κ1) is 56.6. The molecule has 4 atom stereocenters. The molecule has 0 saturated carbocycles. The molecule has 80 heavy (non-hydrogen) atoms. The molecule has 0 N–H and O–H groups in total. The summed E-state index contributed by atoms with van der Waals surface area (Å²) in [6.45, 7) is 12.1. The predicted octanol–water partition coefficient (Wildman–Crippen LogP) is 22.0. The fourth-order valence-corrected chi connectivity index (χ4v) is 104. The molecule has 0 amide bonds. The van der Waals surface area contributed by atoms with Gasteiger partial charge in [-0.2, -0.15) is 0 Å². The van der Waals surface area contributed by atoms with E-state index in [-0.39, 0.29) is 14.5 Å². The van der Waals surface area contributed by atoms with E-state index in [0.717, 1.165) is 33.9 Å². The summed E-state index contributed by atoms with van der Waals surface area (Å²) < 4.78 is 1.58. The molecule has 0 bridgehead atoms. The van der Waals surface area contributed by atoms with Crippen molar-refractivity contribution in [3.05, 3.63) is 261 Å². The Kier molecular flexibility index (Phi) is 14.4. The Balaban J connectivity index is 0.943. The van der Waals surface area contributed by atoms with Crippen LogP contribution < -0.4 is 0 Å². The van der Waals surface area contributed by atoms with Crippen LogP contribution in [0.1, 0.15) is 112 Å². The van der Waals surface area contributed by atoms with Gasteiger partial charge in [0.2, 0.25) is 0 Å². The van der Waals surface area contributed by atoms with Crippen molar-refractivity contribution in [3.63, 3.8) is 0 Å². The summed E-state index contributed by atoms with van der Waals surface area (Å²) in [5, 5.41) is 0. The molecule has 0 aromatic heterocycles. The number of rotatable bonds is 17. The third kappa shape index (κ3) is 8.71. The van der Waals surface area contributed by atoms with Crippen molar-refractivity contribution in [2.75, 3.05) is 0 Å². The first-order valence-electron chi connectivity index (χ1n) is 29.5. The molecule has 406 valence electrons. The summed E-state index contributed by atoms with van der Waals surface area (Å²) in [5.74, 6) is 0. The van der Waals surface area contributed by atoms with Crippen LogP contribution in [-0.4, -0.2) is 13.3 Å². The van der Waals surface area contributed by atoms with Gasteiger partial charge in [0, 0.05) is 0 Å². The number of hydrogen-bond donors (Lipinski definition) is 0. The van der Waals surface area contributed by atoms with Crippen LogP contribution in [0.15, 0.2) is 216 Å². The Bertz CT molecular complexity index is 3430. The van der Waals surface area contributed by atoms with E-state index < -0.39 is 41.4 Å². The number of halogens is 4. The molecule has 0 radical (unpaired) electrons. The molecule has 4 aliphatic rings. The maximum absolute atomic E-state index is 9.47. The first-order valence-corrected chi connectivity index (χ1v) is 66.0. The molecule has 0 fully saturated rings. The standard InChI is InChI=1S/4C16H13.C6H12.2CH5Si.4ClH.2Zr/c4*1-12-10-14-8-5-9-15(16(14)11-12)13-6-3-2-4-7-13;1-3-5-6-4-2;2*1-2;;;;;;/h4*2-11H,1H3;1-6H2;2*2H2,1H3;4*1H;;/q;;;;;;;;;;;2*+2/p-4. The van der Waals surface area contributed by atoms with Gasteiger partial charge in [0.05, 0.1) is 0 Å². The second-order valence-electron chi connectivity index (χ2n) is 25.2. The predicted molar refractivity (Wildman–Crippen MR) is 353 cm³/mol. The third-order valence-electron chi connectivity index (χ3n) is 20.9. The van der Waals surface area contributed by atoms with Crippen LogP contribution in [0.5, 0.6) is 0 Å². The quantitative estimate of drug-likeness (QED) is 0.0630. The van der Waals surface area contributed by atoms with E-state index in [9.17, 15) is 34.1 Å². The minimum absolute atomic E-state index is 0.0303. The average Bonchev–Trinajstić information content (AvgIpc) is 2.75. The summed E-state index contributed by atoms with van der Waals surface area (Å²) in [7, 11) is 37.9. The van der Waals surface area contributed by atoms with Gasteiger partial charge in [-0.05, 0) is 0 Å². The number of allylic oxidation sites excluding steroid dienone is 4. The molecular weight excluding hydrogens is 1250 g/mol. The number of unbranched alkanes of at least 4 members (excludes halogenated alkanes) is 3. The van der Waals surface area contributed by atoms with Crippen molar-refractivity contribution in [2.45, 2.75) is 89.2 Å². The van der Waals surface area contributed by atoms with Crippen LogP contribution in [0.25, 0.3) is 68.8 Å². The van der Waals surface area contributed by atoms with E-state index in [1.807, 2.05) is 0 Å². The van der Waals surface area contributed by atoms with Crippen LogP contribution in [0.2, 0.25) is 21.4 Å². The van der Waals surface area contributed by atoms with Crippen LogP contribution >= 0.6 is 34.1 Å². The van der Waals surface area contributed by atoms with Gasteiger partial charge in [-0.3, -0.25) is 0 Å². The Morgan fingerprint density at radius 2 is 0.525 bits per heavy atom. The van der Waals surface area contributed by atoms with Crippen molar-refractivity contribution in [1.82, 2.24) is 0 Å². The van der Waals surface area contributed by atoms with E-state index in [4.69, 9.17) is 0 Å². The summed E-state index contributed by atoms with van der Waals surface area (Å²) in [4.78, 5) is 0. The van der Waals surface area contributed by atoms with E-state index in [0.29, 0.717) is 0 Å². The average molecular weight is 1320 g/mol. The van der Waals surface area contributed by atoms with Crippen molar-refractivity contribution in [1.29, 1.82) is 0 Å². The molecule has 8 heteroatoms. The third-order valence-corrected chi connectivity index (χ3v) is 131. The number of benzene rings is 8. The first-order chi connectivity index (χ1) is 38.4. The molecular formula is C72H74Cl4Si2Zr2. The zero-order valence-corrected chi connectivity index (χ0v) is 58.0. The zero-order valence-electron chi connectivity index (χ0n) is 47.3. The Labute approximate surface area is 488 Å². The van der Waals surface area contributed by atoms with Crippen LogP contribution in [0.3, 0.4) is 0 Å². The van der Waals surface area contributed by atoms with Crippen molar-refractivity contribution in [2.24, 2.45) is 0 Å². The van der Waals surface area contributed by atoms with Gasteiger partial charge in [0.25, 0.3) is 0 Å². The molecule has 4 unspecified atom stereocenters. The monoisotopic (exact) mass is 1310 g/mol. The molecule has 0 aliphatic heterocycles. The SMILES string of the molecule is C[SiH2][Zr]([Cl])([Cl])([CH2]CCCC[CH2][Zr]([Cl])([Cl])([SiH2]C)([CH]1C(C)=Cc2c(-c3ccccc3)cccc21)[CH]1C(C)=Cc2c(-c3ccccc3)cccc21)([CH]1C(C)=Cc2c(-c3ccccc3)cccc21)[CH]1C(C)=Cc2c(-c3ccccc3)cccc21. The summed E-state index contributed by atoms with van der Waals surface area (Å²) in [5.41, 5.74) is 25.7. The van der Waals surface area contributed by atoms with Gasteiger partial charge in [-0.25, -0.2) is 0 Å². The van der Waals surface area contributed by atoms with E-state index in [2.05, 4.69) is 259 Å². The van der Waals surface area contributed by atoms with E-state index >= 15 is 0 Å². The Morgan fingerprint density at radius 1 is 0.300 bits per heavy atom. The minimum atomic E-state index is -5.79.